The van der Waals surface area contributed by atoms with Crippen LogP contribution < -0.4 is 9.80 Å². The number of para-hydroxylation sites is 4. The Bertz CT molecular complexity index is 4050. The van der Waals surface area contributed by atoms with E-state index in [-0.39, 0.29) is 5.41 Å². The molecule has 71 heavy (non-hydrogen) atoms. The SMILES string of the molecule is C=C1c2ccccc2-c2c1cccc2-c1c2cc(N3c4ccccc4Sc4ccccc43)ccc2c(-c2cccc3c2-c2ccccc2C3(C)C)c2cc(N3c4ccccc4Sc4ccccc43)ccc12. The molecule has 2 aliphatic heterocycles. The van der Waals surface area contributed by atoms with Crippen molar-refractivity contribution in [1.29, 1.82) is 0 Å². The van der Waals surface area contributed by atoms with Crippen LogP contribution in [-0.4, -0.2) is 0 Å². The summed E-state index contributed by atoms with van der Waals surface area (Å²) in [7, 11) is 0. The minimum absolute atomic E-state index is 0.169. The fraction of sp³-hybridized carbons (Fsp3) is 0.0448. The summed E-state index contributed by atoms with van der Waals surface area (Å²) in [5, 5.41) is 4.86. The molecule has 0 aromatic heterocycles. The van der Waals surface area contributed by atoms with Gasteiger partial charge in [0, 0.05) is 36.4 Å². The van der Waals surface area contributed by atoms with Crippen LogP contribution in [0.25, 0.3) is 71.6 Å². The summed E-state index contributed by atoms with van der Waals surface area (Å²) in [5.41, 5.74) is 23.1. The minimum atomic E-state index is -0.169. The second-order valence-electron chi connectivity index (χ2n) is 19.6. The van der Waals surface area contributed by atoms with Gasteiger partial charge in [-0.15, -0.1) is 0 Å². The summed E-state index contributed by atoms with van der Waals surface area (Å²) in [5.74, 6) is 0. The van der Waals surface area contributed by atoms with E-state index in [0.29, 0.717) is 0 Å². The maximum absolute atomic E-state index is 4.72. The normalized spacial score (nSPS) is 14.3. The zero-order chi connectivity index (χ0) is 47.1. The molecular formula is C67H44N2S2. The first kappa shape index (κ1) is 40.8. The van der Waals surface area contributed by atoms with Crippen LogP contribution >= 0.6 is 23.5 Å². The minimum Gasteiger partial charge on any atom is -0.308 e. The standard InChI is InChI=1S/C67H44N2S2/c1-40-43-18-4-5-19-45(43)63-44(40)21-16-22-49(63)64-46-36-34-42(69-57-28-10-14-32-61(57)71-62-33-15-11-29-58(62)69)39-52(46)65(50-23-17-25-54-66(50)48-20-6-7-24-53(48)67(54,2)3)47-37-35-41(38-51(47)64)68-55-26-8-12-30-59(55)70-60-31-13-9-27-56(60)68/h4-39H,1H2,2-3H3. The molecule has 0 saturated carbocycles. The Labute approximate surface area is 422 Å². The second-order valence-corrected chi connectivity index (χ2v) is 21.8. The lowest BCUT2D eigenvalue weighted by atomic mass is 9.80. The van der Waals surface area contributed by atoms with Gasteiger partial charge in [0.1, 0.15) is 0 Å². The molecule has 0 saturated heterocycles. The van der Waals surface area contributed by atoms with Crippen LogP contribution in [0.2, 0.25) is 0 Å². The first-order chi connectivity index (χ1) is 34.9. The number of fused-ring (bicyclic) bond motifs is 12. The van der Waals surface area contributed by atoms with Crippen molar-refractivity contribution >= 4 is 84.8 Å². The zero-order valence-corrected chi connectivity index (χ0v) is 40.8. The summed E-state index contributed by atoms with van der Waals surface area (Å²) in [6, 6.07) is 81.8. The van der Waals surface area contributed by atoms with Crippen molar-refractivity contribution in [3.8, 4) is 44.5 Å². The fourth-order valence-electron chi connectivity index (χ4n) is 12.4. The van der Waals surface area contributed by atoms with Crippen LogP contribution in [0.1, 0.15) is 36.1 Å². The van der Waals surface area contributed by atoms with E-state index in [0.717, 1.165) is 16.9 Å². The number of benzene rings is 11. The van der Waals surface area contributed by atoms with Gasteiger partial charge in [0.15, 0.2) is 0 Å². The Balaban J connectivity index is 1.11. The molecule has 4 aliphatic rings. The molecule has 11 aromatic carbocycles. The van der Waals surface area contributed by atoms with Crippen LogP contribution in [0.15, 0.2) is 245 Å². The molecule has 0 spiro atoms. The first-order valence-electron chi connectivity index (χ1n) is 24.4. The van der Waals surface area contributed by atoms with Gasteiger partial charge in [0.2, 0.25) is 0 Å². The van der Waals surface area contributed by atoms with E-state index in [1.165, 1.54) is 131 Å². The van der Waals surface area contributed by atoms with Gasteiger partial charge in [0.05, 0.1) is 22.7 Å². The lowest BCUT2D eigenvalue weighted by molar-refractivity contribution is 0.660. The lowest BCUT2D eigenvalue weighted by Gasteiger charge is -2.34. The Morgan fingerprint density at radius 1 is 0.324 bits per heavy atom. The van der Waals surface area contributed by atoms with Gasteiger partial charge in [0.25, 0.3) is 0 Å². The molecule has 0 unspecified atom stereocenters. The molecule has 11 aromatic rings. The maximum atomic E-state index is 4.72. The van der Waals surface area contributed by atoms with E-state index in [4.69, 9.17) is 6.58 Å². The largest absolute Gasteiger partial charge is 0.308 e. The molecular weight excluding hydrogens is 897 g/mol. The molecule has 0 amide bonds. The molecule has 15 rings (SSSR count). The van der Waals surface area contributed by atoms with Crippen molar-refractivity contribution in [3.63, 3.8) is 0 Å². The predicted octanol–water partition coefficient (Wildman–Crippen LogP) is 19.5. The average molecular weight is 941 g/mol. The summed E-state index contributed by atoms with van der Waals surface area (Å²) in [6.45, 7) is 9.50. The van der Waals surface area contributed by atoms with Crippen molar-refractivity contribution in [1.82, 2.24) is 0 Å². The van der Waals surface area contributed by atoms with Crippen molar-refractivity contribution in [2.45, 2.75) is 38.8 Å². The monoisotopic (exact) mass is 940 g/mol. The predicted molar refractivity (Wildman–Crippen MR) is 301 cm³/mol. The van der Waals surface area contributed by atoms with Gasteiger partial charge in [-0.2, -0.15) is 0 Å². The third-order valence-corrected chi connectivity index (χ3v) is 17.8. The van der Waals surface area contributed by atoms with E-state index in [9.17, 15) is 0 Å². The van der Waals surface area contributed by atoms with Gasteiger partial charge >= 0.3 is 0 Å². The maximum Gasteiger partial charge on any atom is 0.0601 e. The highest BCUT2D eigenvalue weighted by Crippen LogP contribution is 2.59. The molecule has 2 aliphatic carbocycles. The fourth-order valence-corrected chi connectivity index (χ4v) is 14.5. The third-order valence-electron chi connectivity index (χ3n) is 15.5. The molecule has 0 atom stereocenters. The van der Waals surface area contributed by atoms with E-state index >= 15 is 0 Å². The number of hydrogen-bond donors (Lipinski definition) is 0. The van der Waals surface area contributed by atoms with Crippen LogP contribution in [0, 0.1) is 0 Å². The number of hydrogen-bond acceptors (Lipinski definition) is 4. The quantitative estimate of drug-likeness (QED) is 0.162. The van der Waals surface area contributed by atoms with Crippen molar-refractivity contribution in [2.24, 2.45) is 0 Å². The molecule has 2 heterocycles. The van der Waals surface area contributed by atoms with E-state index < -0.39 is 0 Å². The van der Waals surface area contributed by atoms with Crippen LogP contribution in [-0.2, 0) is 5.41 Å². The van der Waals surface area contributed by atoms with Crippen molar-refractivity contribution < 1.29 is 0 Å². The first-order valence-corrected chi connectivity index (χ1v) is 26.1. The summed E-state index contributed by atoms with van der Waals surface area (Å²) in [4.78, 5) is 9.94. The molecule has 2 nitrogen and oxygen atoms in total. The van der Waals surface area contributed by atoms with Crippen molar-refractivity contribution in [2.75, 3.05) is 9.80 Å². The summed E-state index contributed by atoms with van der Waals surface area (Å²) in [6.07, 6.45) is 0. The van der Waals surface area contributed by atoms with Gasteiger partial charge in [-0.25, -0.2) is 0 Å². The Morgan fingerprint density at radius 3 is 1.25 bits per heavy atom. The Hall–Kier alpha value is -8.02. The van der Waals surface area contributed by atoms with E-state index in [1.54, 1.807) is 0 Å². The molecule has 0 bridgehead atoms. The number of nitrogens with zero attached hydrogens (tertiary/aromatic N) is 2. The van der Waals surface area contributed by atoms with Crippen LogP contribution in [0.4, 0.5) is 34.1 Å². The lowest BCUT2D eigenvalue weighted by Crippen LogP contribution is -2.15. The molecule has 334 valence electrons. The smallest absolute Gasteiger partial charge is 0.0601 e. The summed E-state index contributed by atoms with van der Waals surface area (Å²) >= 11 is 3.70. The van der Waals surface area contributed by atoms with Gasteiger partial charge in [-0.3, -0.25) is 0 Å². The van der Waals surface area contributed by atoms with Gasteiger partial charge in [-0.05, 0) is 167 Å². The highest BCUT2D eigenvalue weighted by atomic mass is 32.2. The van der Waals surface area contributed by atoms with Crippen LogP contribution in [0.3, 0.4) is 0 Å². The van der Waals surface area contributed by atoms with E-state index in [1.807, 2.05) is 23.5 Å². The second kappa shape index (κ2) is 15.2. The molecule has 0 radical (unpaired) electrons. The summed E-state index contributed by atoms with van der Waals surface area (Å²) < 4.78 is 0. The molecule has 0 N–H and O–H groups in total. The van der Waals surface area contributed by atoms with Crippen LogP contribution in [0.5, 0.6) is 0 Å². The van der Waals surface area contributed by atoms with Gasteiger partial charge in [-0.1, -0.05) is 190 Å². The Kier molecular flexibility index (Phi) is 8.76. The number of rotatable bonds is 4. The third kappa shape index (κ3) is 5.81. The molecule has 4 heteroatoms. The van der Waals surface area contributed by atoms with Gasteiger partial charge < -0.3 is 9.80 Å². The topological polar surface area (TPSA) is 6.48 Å². The average Bonchev–Trinajstić information content (AvgIpc) is 3.85. The van der Waals surface area contributed by atoms with E-state index in [2.05, 4.69) is 242 Å². The highest BCUT2D eigenvalue weighted by molar-refractivity contribution is 8.00. The molecule has 0 fully saturated rings. The Morgan fingerprint density at radius 2 is 0.718 bits per heavy atom. The zero-order valence-electron chi connectivity index (χ0n) is 39.2. The highest BCUT2D eigenvalue weighted by Gasteiger charge is 2.38. The van der Waals surface area contributed by atoms with Crippen molar-refractivity contribution in [3.05, 3.63) is 247 Å². The number of anilines is 6.